The second-order valence-electron chi connectivity index (χ2n) is 4.88. The van der Waals surface area contributed by atoms with Crippen molar-refractivity contribution in [2.45, 2.75) is 39.7 Å². The smallest absolute Gasteiger partial charge is 0.129 e. The first-order valence-corrected chi connectivity index (χ1v) is 6.90. The van der Waals surface area contributed by atoms with Crippen LogP contribution in [0.15, 0.2) is 18.3 Å². The van der Waals surface area contributed by atoms with Gasteiger partial charge in [-0.2, -0.15) is 0 Å². The molecule has 0 aromatic carbocycles. The molecule has 1 aromatic rings. The maximum absolute atomic E-state index is 9.53. The summed E-state index contributed by atoms with van der Waals surface area (Å²) in [6.45, 7) is 7.36. The molecule has 0 saturated heterocycles. The zero-order chi connectivity index (χ0) is 13.6. The van der Waals surface area contributed by atoms with Crippen LogP contribution in [0.5, 0.6) is 0 Å². The molecule has 2 N–H and O–H groups in total. The predicted molar refractivity (Wildman–Crippen MR) is 75.8 cm³/mol. The number of nitrogens with one attached hydrogen (secondary N) is 1. The molecule has 0 amide bonds. The highest BCUT2D eigenvalue weighted by Gasteiger charge is 2.25. The van der Waals surface area contributed by atoms with Crippen molar-refractivity contribution in [2.75, 3.05) is 13.2 Å². The number of halogens is 1. The lowest BCUT2D eigenvalue weighted by atomic mass is 9.83. The predicted octanol–water partition coefficient (Wildman–Crippen LogP) is 3.18. The van der Waals surface area contributed by atoms with Crippen molar-refractivity contribution in [1.29, 1.82) is 0 Å². The van der Waals surface area contributed by atoms with Crippen LogP contribution in [0.2, 0.25) is 5.15 Å². The Balaban J connectivity index is 2.62. The standard InChI is InChI=1S/C14H23ClN2O/c1-4-14(5-2,10-18)9-17-11(3)12-6-7-16-13(15)8-12/h6-8,11,17-18H,4-5,9-10H2,1-3H3. The molecule has 3 nitrogen and oxygen atoms in total. The van der Waals surface area contributed by atoms with Crippen molar-refractivity contribution in [2.24, 2.45) is 5.41 Å². The third-order valence-electron chi connectivity index (χ3n) is 3.87. The van der Waals surface area contributed by atoms with Crippen molar-refractivity contribution in [3.63, 3.8) is 0 Å². The summed E-state index contributed by atoms with van der Waals surface area (Å²) >= 11 is 5.88. The first-order valence-electron chi connectivity index (χ1n) is 6.52. The molecule has 0 aliphatic rings. The molecule has 1 rings (SSSR count). The second kappa shape index (κ2) is 7.07. The average Bonchev–Trinajstić information content (AvgIpc) is 2.40. The van der Waals surface area contributed by atoms with Crippen LogP contribution in [0.1, 0.15) is 45.2 Å². The Morgan fingerprint density at radius 3 is 2.61 bits per heavy atom. The third kappa shape index (κ3) is 3.94. The van der Waals surface area contributed by atoms with E-state index in [1.807, 2.05) is 12.1 Å². The molecule has 1 aromatic heterocycles. The summed E-state index contributed by atoms with van der Waals surface area (Å²) in [5.74, 6) is 0. The van der Waals surface area contributed by atoms with Crippen LogP contribution in [0.25, 0.3) is 0 Å². The number of nitrogens with zero attached hydrogens (tertiary/aromatic N) is 1. The van der Waals surface area contributed by atoms with E-state index in [1.165, 1.54) is 0 Å². The number of pyridine rings is 1. The van der Waals surface area contributed by atoms with Crippen molar-refractivity contribution < 1.29 is 5.11 Å². The van der Waals surface area contributed by atoms with Crippen LogP contribution in [-0.2, 0) is 0 Å². The molecule has 0 saturated carbocycles. The Morgan fingerprint density at radius 2 is 2.11 bits per heavy atom. The number of aliphatic hydroxyl groups excluding tert-OH is 1. The quantitative estimate of drug-likeness (QED) is 0.748. The summed E-state index contributed by atoms with van der Waals surface area (Å²) in [5, 5.41) is 13.5. The highest BCUT2D eigenvalue weighted by Crippen LogP contribution is 2.26. The Morgan fingerprint density at radius 1 is 1.44 bits per heavy atom. The number of aromatic nitrogens is 1. The summed E-state index contributed by atoms with van der Waals surface area (Å²) in [7, 11) is 0. The van der Waals surface area contributed by atoms with Gasteiger partial charge in [0.15, 0.2) is 0 Å². The summed E-state index contributed by atoms with van der Waals surface area (Å²) in [5.41, 5.74) is 1.10. The highest BCUT2D eigenvalue weighted by molar-refractivity contribution is 6.29. The number of aliphatic hydroxyl groups is 1. The molecule has 102 valence electrons. The van der Waals surface area contributed by atoms with Gasteiger partial charge in [-0.3, -0.25) is 0 Å². The monoisotopic (exact) mass is 270 g/mol. The van der Waals surface area contributed by atoms with Gasteiger partial charge in [-0.15, -0.1) is 0 Å². The van der Waals surface area contributed by atoms with Crippen molar-refractivity contribution in [3.05, 3.63) is 29.0 Å². The van der Waals surface area contributed by atoms with Gasteiger partial charge in [0.25, 0.3) is 0 Å². The first kappa shape index (κ1) is 15.4. The zero-order valence-electron chi connectivity index (χ0n) is 11.4. The molecule has 0 aliphatic heterocycles. The van der Waals surface area contributed by atoms with Gasteiger partial charge in [-0.05, 0) is 37.5 Å². The molecule has 1 atom stereocenters. The zero-order valence-corrected chi connectivity index (χ0v) is 12.2. The minimum atomic E-state index is -0.0227. The maximum atomic E-state index is 9.53. The third-order valence-corrected chi connectivity index (χ3v) is 4.08. The number of hydrogen-bond donors (Lipinski definition) is 2. The first-order chi connectivity index (χ1) is 8.56. The molecule has 0 aliphatic carbocycles. The summed E-state index contributed by atoms with van der Waals surface area (Å²) in [6, 6.07) is 4.04. The molecular formula is C14H23ClN2O. The molecule has 0 bridgehead atoms. The van der Waals surface area contributed by atoms with Gasteiger partial charge >= 0.3 is 0 Å². The lowest BCUT2D eigenvalue weighted by molar-refractivity contribution is 0.110. The molecule has 0 fully saturated rings. The van der Waals surface area contributed by atoms with Crippen LogP contribution < -0.4 is 5.32 Å². The van der Waals surface area contributed by atoms with Crippen LogP contribution in [0.3, 0.4) is 0 Å². The Kier molecular flexibility index (Phi) is 6.06. The van der Waals surface area contributed by atoms with E-state index in [0.717, 1.165) is 24.9 Å². The van der Waals surface area contributed by atoms with Crippen LogP contribution in [-0.4, -0.2) is 23.2 Å². The summed E-state index contributed by atoms with van der Waals surface area (Å²) in [6.07, 6.45) is 3.66. The minimum absolute atomic E-state index is 0.0227. The van der Waals surface area contributed by atoms with Gasteiger partial charge in [0.05, 0.1) is 0 Å². The van der Waals surface area contributed by atoms with E-state index in [0.29, 0.717) is 5.15 Å². The second-order valence-corrected chi connectivity index (χ2v) is 5.27. The van der Waals surface area contributed by atoms with Gasteiger partial charge in [0, 0.05) is 30.8 Å². The van der Waals surface area contributed by atoms with E-state index in [2.05, 4.69) is 31.1 Å². The van der Waals surface area contributed by atoms with Gasteiger partial charge in [0.2, 0.25) is 0 Å². The van der Waals surface area contributed by atoms with Crippen molar-refractivity contribution >= 4 is 11.6 Å². The highest BCUT2D eigenvalue weighted by atomic mass is 35.5. The molecule has 1 unspecified atom stereocenters. The van der Waals surface area contributed by atoms with Crippen LogP contribution in [0, 0.1) is 5.41 Å². The van der Waals surface area contributed by atoms with E-state index in [9.17, 15) is 5.11 Å². The van der Waals surface area contributed by atoms with Gasteiger partial charge < -0.3 is 10.4 Å². The number of hydrogen-bond acceptors (Lipinski definition) is 3. The molecule has 0 radical (unpaired) electrons. The van der Waals surface area contributed by atoms with Gasteiger partial charge in [-0.1, -0.05) is 25.4 Å². The topological polar surface area (TPSA) is 45.1 Å². The molecule has 18 heavy (non-hydrogen) atoms. The summed E-state index contributed by atoms with van der Waals surface area (Å²) < 4.78 is 0. The largest absolute Gasteiger partial charge is 0.396 e. The molecule has 0 spiro atoms. The van der Waals surface area contributed by atoms with Crippen LogP contribution in [0.4, 0.5) is 0 Å². The lowest BCUT2D eigenvalue weighted by Crippen LogP contribution is -2.37. The van der Waals surface area contributed by atoms with E-state index in [1.54, 1.807) is 6.20 Å². The van der Waals surface area contributed by atoms with Crippen molar-refractivity contribution in [3.8, 4) is 0 Å². The van der Waals surface area contributed by atoms with Gasteiger partial charge in [-0.25, -0.2) is 4.98 Å². The normalized spacial score (nSPS) is 13.6. The number of rotatable bonds is 7. The molecule has 4 heteroatoms. The SMILES string of the molecule is CCC(CC)(CO)CNC(C)c1ccnc(Cl)c1. The Hall–Kier alpha value is -0.640. The Labute approximate surface area is 115 Å². The van der Waals surface area contributed by atoms with Crippen LogP contribution >= 0.6 is 11.6 Å². The van der Waals surface area contributed by atoms with E-state index >= 15 is 0 Å². The Bertz CT molecular complexity index is 358. The van der Waals surface area contributed by atoms with E-state index in [-0.39, 0.29) is 18.1 Å². The maximum Gasteiger partial charge on any atom is 0.129 e. The van der Waals surface area contributed by atoms with Crippen molar-refractivity contribution in [1.82, 2.24) is 10.3 Å². The fourth-order valence-corrected chi connectivity index (χ4v) is 2.14. The fourth-order valence-electron chi connectivity index (χ4n) is 1.95. The van der Waals surface area contributed by atoms with E-state index in [4.69, 9.17) is 11.6 Å². The molecular weight excluding hydrogens is 248 g/mol. The average molecular weight is 271 g/mol. The fraction of sp³-hybridized carbons (Fsp3) is 0.643. The van der Waals surface area contributed by atoms with Gasteiger partial charge in [0.1, 0.15) is 5.15 Å². The lowest BCUT2D eigenvalue weighted by Gasteiger charge is -2.31. The summed E-state index contributed by atoms with van der Waals surface area (Å²) in [4.78, 5) is 3.98. The molecule has 1 heterocycles. The van der Waals surface area contributed by atoms with E-state index < -0.39 is 0 Å². The minimum Gasteiger partial charge on any atom is -0.396 e.